The number of aliphatic carboxylic acids is 2. The Morgan fingerprint density at radius 2 is 1.81 bits per heavy atom. The fourth-order valence-corrected chi connectivity index (χ4v) is 1.81. The number of carboxylic acids is 2. The average molecular weight is 297 g/mol. The van der Waals surface area contributed by atoms with E-state index in [-0.39, 0.29) is 12.1 Å². The van der Waals surface area contributed by atoms with Crippen LogP contribution in [0.25, 0.3) is 0 Å². The number of hydrogen-bond donors (Lipinski definition) is 4. The van der Waals surface area contributed by atoms with E-state index in [1.165, 1.54) is 19.1 Å². The Morgan fingerprint density at radius 1 is 1.19 bits per heavy atom. The first-order chi connectivity index (χ1) is 9.79. The standard InChI is InChI=1S/C13H15NO7/c1-2-10(16)14(8(13(20)21)6-11(17)18)7-4-3-5-9(15)12(7)19/h3-5,8,15,19H,2,6H2,1H3,(H,17,18)(H,20,21)/t8-/m0/s1. The number of para-hydroxylation sites is 1. The van der Waals surface area contributed by atoms with E-state index in [1.54, 1.807) is 0 Å². The molecule has 1 rings (SSSR count). The number of hydrogen-bond acceptors (Lipinski definition) is 5. The summed E-state index contributed by atoms with van der Waals surface area (Å²) < 4.78 is 0. The third kappa shape index (κ3) is 3.62. The van der Waals surface area contributed by atoms with Crippen LogP contribution in [-0.4, -0.2) is 44.3 Å². The van der Waals surface area contributed by atoms with Gasteiger partial charge < -0.3 is 20.4 Å². The molecule has 0 aliphatic carbocycles. The summed E-state index contributed by atoms with van der Waals surface area (Å²) in [5.74, 6) is -4.85. The Hall–Kier alpha value is -2.77. The van der Waals surface area contributed by atoms with Crippen LogP contribution in [0.5, 0.6) is 11.5 Å². The molecule has 0 fully saturated rings. The zero-order chi connectivity index (χ0) is 16.2. The van der Waals surface area contributed by atoms with Gasteiger partial charge in [-0.2, -0.15) is 0 Å². The van der Waals surface area contributed by atoms with E-state index in [2.05, 4.69) is 0 Å². The number of carboxylic acid groups (broad SMARTS) is 2. The largest absolute Gasteiger partial charge is 0.504 e. The van der Waals surface area contributed by atoms with Crippen molar-refractivity contribution in [3.8, 4) is 11.5 Å². The molecule has 21 heavy (non-hydrogen) atoms. The minimum Gasteiger partial charge on any atom is -0.504 e. The van der Waals surface area contributed by atoms with E-state index in [9.17, 15) is 24.6 Å². The summed E-state index contributed by atoms with van der Waals surface area (Å²) in [5.41, 5.74) is -0.254. The minimum absolute atomic E-state index is 0.0987. The molecule has 4 N–H and O–H groups in total. The van der Waals surface area contributed by atoms with Crippen LogP contribution < -0.4 is 4.90 Å². The summed E-state index contributed by atoms with van der Waals surface area (Å²) in [5, 5.41) is 37.2. The molecule has 1 aromatic rings. The van der Waals surface area contributed by atoms with Crippen LogP contribution in [0.4, 0.5) is 5.69 Å². The van der Waals surface area contributed by atoms with Gasteiger partial charge in [-0.3, -0.25) is 14.5 Å². The zero-order valence-electron chi connectivity index (χ0n) is 11.2. The highest BCUT2D eigenvalue weighted by Gasteiger charge is 2.34. The average Bonchev–Trinajstić information content (AvgIpc) is 2.41. The van der Waals surface area contributed by atoms with Crippen LogP contribution in [-0.2, 0) is 14.4 Å². The van der Waals surface area contributed by atoms with Crippen LogP contribution in [0, 0.1) is 0 Å². The molecule has 0 radical (unpaired) electrons. The molecule has 0 heterocycles. The maximum Gasteiger partial charge on any atom is 0.327 e. The summed E-state index contributed by atoms with van der Waals surface area (Å²) >= 11 is 0. The predicted octanol–water partition coefficient (Wildman–Crippen LogP) is 0.769. The van der Waals surface area contributed by atoms with E-state index in [0.717, 1.165) is 6.07 Å². The number of carbonyl (C=O) groups excluding carboxylic acids is 1. The van der Waals surface area contributed by atoms with Crippen LogP contribution in [0.1, 0.15) is 19.8 Å². The van der Waals surface area contributed by atoms with E-state index in [0.29, 0.717) is 4.90 Å². The van der Waals surface area contributed by atoms with Gasteiger partial charge in [0.05, 0.1) is 12.1 Å². The lowest BCUT2D eigenvalue weighted by atomic mass is 10.1. The van der Waals surface area contributed by atoms with Gasteiger partial charge in [0, 0.05) is 6.42 Å². The molecule has 1 amide bonds. The second-order valence-electron chi connectivity index (χ2n) is 4.21. The van der Waals surface area contributed by atoms with Crippen molar-refractivity contribution >= 4 is 23.5 Å². The third-order valence-corrected chi connectivity index (χ3v) is 2.79. The Labute approximate surface area is 119 Å². The number of aromatic hydroxyl groups is 2. The van der Waals surface area contributed by atoms with Crippen molar-refractivity contribution in [2.24, 2.45) is 0 Å². The normalized spacial score (nSPS) is 11.7. The number of phenols is 2. The van der Waals surface area contributed by atoms with Gasteiger partial charge in [-0.1, -0.05) is 13.0 Å². The zero-order valence-corrected chi connectivity index (χ0v) is 11.2. The lowest BCUT2D eigenvalue weighted by Crippen LogP contribution is -2.46. The molecule has 0 saturated heterocycles. The van der Waals surface area contributed by atoms with E-state index in [1.807, 2.05) is 0 Å². The van der Waals surface area contributed by atoms with Crippen LogP contribution in [0.15, 0.2) is 18.2 Å². The molecule has 8 heteroatoms. The fourth-order valence-electron chi connectivity index (χ4n) is 1.81. The quantitative estimate of drug-likeness (QED) is 0.569. The Bertz CT molecular complexity index is 570. The molecule has 0 spiro atoms. The van der Waals surface area contributed by atoms with Crippen molar-refractivity contribution in [2.45, 2.75) is 25.8 Å². The molecular formula is C13H15NO7. The molecule has 1 atom stereocenters. The first-order valence-corrected chi connectivity index (χ1v) is 6.07. The van der Waals surface area contributed by atoms with Gasteiger partial charge in [-0.05, 0) is 12.1 Å². The van der Waals surface area contributed by atoms with Gasteiger partial charge in [-0.15, -0.1) is 0 Å². The Kier molecular flexibility index (Phi) is 5.12. The predicted molar refractivity (Wildman–Crippen MR) is 71.2 cm³/mol. The highest BCUT2D eigenvalue weighted by molar-refractivity contribution is 6.01. The van der Waals surface area contributed by atoms with Crippen molar-refractivity contribution in [2.75, 3.05) is 4.90 Å². The number of benzene rings is 1. The number of nitrogens with zero attached hydrogens (tertiary/aromatic N) is 1. The van der Waals surface area contributed by atoms with Crippen molar-refractivity contribution < 1.29 is 34.8 Å². The number of rotatable bonds is 6. The number of anilines is 1. The minimum atomic E-state index is -1.69. The monoisotopic (exact) mass is 297 g/mol. The Morgan fingerprint density at radius 3 is 2.29 bits per heavy atom. The van der Waals surface area contributed by atoms with Crippen molar-refractivity contribution in [3.63, 3.8) is 0 Å². The molecule has 0 unspecified atom stereocenters. The SMILES string of the molecule is CCC(=O)N(c1cccc(O)c1O)[C@@H](CC(=O)O)C(=O)O. The molecule has 114 valence electrons. The second-order valence-corrected chi connectivity index (χ2v) is 4.21. The van der Waals surface area contributed by atoms with Crippen LogP contribution in [0.2, 0.25) is 0 Å². The fraction of sp³-hybridized carbons (Fsp3) is 0.308. The molecule has 1 aromatic carbocycles. The first-order valence-electron chi connectivity index (χ1n) is 6.07. The molecule has 0 aliphatic heterocycles. The van der Waals surface area contributed by atoms with E-state index < -0.39 is 41.8 Å². The number of carbonyl (C=O) groups is 3. The lowest BCUT2D eigenvalue weighted by Gasteiger charge is -2.28. The molecular weight excluding hydrogens is 282 g/mol. The first kappa shape index (κ1) is 16.3. The summed E-state index contributed by atoms with van der Waals surface area (Å²) in [6.45, 7) is 1.47. The van der Waals surface area contributed by atoms with E-state index >= 15 is 0 Å². The van der Waals surface area contributed by atoms with Crippen molar-refractivity contribution in [3.05, 3.63) is 18.2 Å². The lowest BCUT2D eigenvalue weighted by molar-refractivity contribution is -0.145. The van der Waals surface area contributed by atoms with Crippen molar-refractivity contribution in [1.82, 2.24) is 0 Å². The highest BCUT2D eigenvalue weighted by Crippen LogP contribution is 2.37. The van der Waals surface area contributed by atoms with Gasteiger partial charge >= 0.3 is 11.9 Å². The van der Waals surface area contributed by atoms with Gasteiger partial charge in [0.15, 0.2) is 11.5 Å². The molecule has 0 aromatic heterocycles. The molecule has 0 saturated carbocycles. The number of phenolic OH excluding ortho intramolecular Hbond substituents is 2. The molecule has 0 bridgehead atoms. The van der Waals surface area contributed by atoms with Gasteiger partial charge in [-0.25, -0.2) is 4.79 Å². The van der Waals surface area contributed by atoms with Gasteiger partial charge in [0.1, 0.15) is 6.04 Å². The maximum atomic E-state index is 12.0. The highest BCUT2D eigenvalue weighted by atomic mass is 16.4. The summed E-state index contributed by atoms with van der Waals surface area (Å²) in [6, 6.07) is 1.99. The summed E-state index contributed by atoms with van der Waals surface area (Å²) in [7, 11) is 0. The van der Waals surface area contributed by atoms with Crippen molar-refractivity contribution in [1.29, 1.82) is 0 Å². The maximum absolute atomic E-state index is 12.0. The molecule has 0 aliphatic rings. The Balaban J connectivity index is 3.39. The third-order valence-electron chi connectivity index (χ3n) is 2.79. The number of amides is 1. The van der Waals surface area contributed by atoms with Crippen LogP contribution >= 0.6 is 0 Å². The topological polar surface area (TPSA) is 135 Å². The van der Waals surface area contributed by atoms with Gasteiger partial charge in [0.2, 0.25) is 5.91 Å². The van der Waals surface area contributed by atoms with Crippen LogP contribution in [0.3, 0.4) is 0 Å². The van der Waals surface area contributed by atoms with Gasteiger partial charge in [0.25, 0.3) is 0 Å². The molecule has 8 nitrogen and oxygen atoms in total. The van der Waals surface area contributed by atoms with E-state index in [4.69, 9.17) is 10.2 Å². The smallest absolute Gasteiger partial charge is 0.327 e. The second kappa shape index (κ2) is 6.60. The summed E-state index contributed by atoms with van der Waals surface area (Å²) in [4.78, 5) is 34.7. The summed E-state index contributed by atoms with van der Waals surface area (Å²) in [6.07, 6.45) is -0.936.